The molecule has 0 unspecified atom stereocenters. The van der Waals surface area contributed by atoms with Crippen molar-refractivity contribution in [3.8, 4) is 0 Å². The van der Waals surface area contributed by atoms with E-state index < -0.39 is 12.1 Å². The molecule has 0 aromatic heterocycles. The highest BCUT2D eigenvalue weighted by Gasteiger charge is 2.13. The predicted octanol–water partition coefficient (Wildman–Crippen LogP) is 1.27. The number of para-hydroxylation sites is 1. The van der Waals surface area contributed by atoms with E-state index in [-0.39, 0.29) is 12.3 Å². The van der Waals surface area contributed by atoms with Crippen LogP contribution in [0.2, 0.25) is 0 Å². The van der Waals surface area contributed by atoms with E-state index >= 15 is 0 Å². The van der Waals surface area contributed by atoms with Crippen molar-refractivity contribution in [2.45, 2.75) is 6.61 Å². The fourth-order valence-electron chi connectivity index (χ4n) is 1.18. The molecule has 0 aliphatic heterocycles. The van der Waals surface area contributed by atoms with Gasteiger partial charge in [0.1, 0.15) is 6.61 Å². The Kier molecular flexibility index (Phi) is 4.24. The van der Waals surface area contributed by atoms with E-state index in [0.29, 0.717) is 10.6 Å². The fraction of sp³-hybridized carbons (Fsp3) is 0.0909. The van der Waals surface area contributed by atoms with Gasteiger partial charge in [0.25, 0.3) is 0 Å². The minimum atomic E-state index is -1.30. The minimum absolute atomic E-state index is 0.0675. The van der Waals surface area contributed by atoms with Gasteiger partial charge in [-0.05, 0) is 6.07 Å². The molecule has 0 saturated carbocycles. The first-order valence-corrected chi connectivity index (χ1v) is 4.71. The lowest BCUT2D eigenvalue weighted by atomic mass is 10.2. The molecule has 90 valence electrons. The smallest absolute Gasteiger partial charge is 0.426 e. The second-order valence-electron chi connectivity index (χ2n) is 3.09. The second kappa shape index (κ2) is 5.66. The molecule has 0 atom stereocenters. The number of esters is 1. The highest BCUT2D eigenvalue weighted by atomic mass is 16.5. The second-order valence-corrected chi connectivity index (χ2v) is 3.09. The first-order chi connectivity index (χ1) is 8.06. The summed E-state index contributed by atoms with van der Waals surface area (Å²) in [4.78, 5) is 21.6. The highest BCUT2D eigenvalue weighted by Crippen LogP contribution is 2.19. The number of rotatable bonds is 4. The van der Waals surface area contributed by atoms with Gasteiger partial charge in [-0.15, -0.1) is 0 Å². The van der Waals surface area contributed by atoms with E-state index in [1.165, 1.54) is 6.07 Å². The third kappa shape index (κ3) is 3.32. The maximum absolute atomic E-state index is 10.9. The van der Waals surface area contributed by atoms with Gasteiger partial charge < -0.3 is 9.84 Å². The fourth-order valence-corrected chi connectivity index (χ4v) is 1.18. The van der Waals surface area contributed by atoms with Crippen LogP contribution < -0.4 is 10.9 Å². The summed E-state index contributed by atoms with van der Waals surface area (Å²) in [5.41, 5.74) is 0.754. The normalized spacial score (nSPS) is 9.47. The van der Waals surface area contributed by atoms with Gasteiger partial charge in [0.05, 0.1) is 5.69 Å². The van der Waals surface area contributed by atoms with Gasteiger partial charge in [-0.3, -0.25) is 0 Å². The van der Waals surface area contributed by atoms with Crippen LogP contribution in [-0.2, 0) is 16.1 Å². The number of carboxylic acid groups (broad SMARTS) is 1. The molecular weight excluding hydrogens is 224 g/mol. The van der Waals surface area contributed by atoms with E-state index in [1.54, 1.807) is 18.2 Å². The number of nitrogens with two attached hydrogens (primary N) is 1. The molecule has 3 N–H and O–H groups in total. The molecule has 1 aromatic carbocycles. The zero-order chi connectivity index (χ0) is 12.8. The molecule has 0 fully saturated rings. The molecule has 0 radical (unpaired) electrons. The average Bonchev–Trinajstić information content (AvgIpc) is 2.35. The van der Waals surface area contributed by atoms with Crippen LogP contribution in [0.25, 0.3) is 0 Å². The molecule has 6 nitrogen and oxygen atoms in total. The summed E-state index contributed by atoms with van der Waals surface area (Å²) in [5.74, 6) is 4.77. The lowest BCUT2D eigenvalue weighted by molar-refractivity contribution is -0.138. The average molecular weight is 236 g/mol. The summed E-state index contributed by atoms with van der Waals surface area (Å²) in [5, 5.41) is 9.33. The van der Waals surface area contributed by atoms with Crippen molar-refractivity contribution in [1.82, 2.24) is 0 Å². The molecule has 0 aliphatic carbocycles. The first kappa shape index (κ1) is 12.7. The Bertz CT molecular complexity index is 445. The molecule has 1 aromatic rings. The van der Waals surface area contributed by atoms with Gasteiger partial charge in [-0.25, -0.2) is 20.4 Å². The van der Waals surface area contributed by atoms with E-state index in [4.69, 9.17) is 15.7 Å². The van der Waals surface area contributed by atoms with Crippen molar-refractivity contribution in [3.63, 3.8) is 0 Å². The Morgan fingerprint density at radius 2 is 2.12 bits per heavy atom. The summed E-state index contributed by atoms with van der Waals surface area (Å²) < 4.78 is 4.82. The summed E-state index contributed by atoms with van der Waals surface area (Å²) >= 11 is 0. The van der Waals surface area contributed by atoms with Gasteiger partial charge in [-0.2, -0.15) is 0 Å². The van der Waals surface area contributed by atoms with E-state index in [2.05, 4.69) is 6.58 Å². The van der Waals surface area contributed by atoms with Crippen LogP contribution in [-0.4, -0.2) is 17.2 Å². The number of carbonyl (C=O) groups is 2. The monoisotopic (exact) mass is 236 g/mol. The van der Waals surface area contributed by atoms with Crippen LogP contribution in [0.3, 0.4) is 0 Å². The Morgan fingerprint density at radius 3 is 2.71 bits per heavy atom. The molecular formula is C11H12N2O4. The zero-order valence-electron chi connectivity index (χ0n) is 9.00. The van der Waals surface area contributed by atoms with E-state index in [9.17, 15) is 9.59 Å². The van der Waals surface area contributed by atoms with Gasteiger partial charge in [-0.1, -0.05) is 24.8 Å². The third-order valence-corrected chi connectivity index (χ3v) is 1.99. The van der Waals surface area contributed by atoms with Gasteiger partial charge in [0, 0.05) is 11.6 Å². The standard InChI is InChI=1S/C11H12N2O4/c1-2-10(14)17-7-8-5-3-4-6-9(8)13(12)11(15)16/h2-6H,1,7,12H2,(H,15,16). The van der Waals surface area contributed by atoms with Crippen molar-refractivity contribution in [3.05, 3.63) is 42.5 Å². The highest BCUT2D eigenvalue weighted by molar-refractivity contribution is 5.86. The topological polar surface area (TPSA) is 92.9 Å². The Morgan fingerprint density at radius 1 is 1.47 bits per heavy atom. The summed E-state index contributed by atoms with van der Waals surface area (Å²) in [6.07, 6.45) is -0.271. The predicted molar refractivity (Wildman–Crippen MR) is 61.1 cm³/mol. The van der Waals surface area contributed by atoms with Crippen LogP contribution in [0.15, 0.2) is 36.9 Å². The molecule has 0 spiro atoms. The number of anilines is 1. The molecule has 0 bridgehead atoms. The minimum Gasteiger partial charge on any atom is -0.464 e. The number of amides is 1. The van der Waals surface area contributed by atoms with Crippen LogP contribution in [0.5, 0.6) is 0 Å². The van der Waals surface area contributed by atoms with Crippen molar-refractivity contribution in [2.75, 3.05) is 5.01 Å². The summed E-state index contributed by atoms with van der Waals surface area (Å²) in [6.45, 7) is 3.19. The Balaban J connectivity index is 2.88. The molecule has 17 heavy (non-hydrogen) atoms. The SMILES string of the molecule is C=CC(=O)OCc1ccccc1N(N)C(=O)O. The largest absolute Gasteiger partial charge is 0.464 e. The van der Waals surface area contributed by atoms with Crippen molar-refractivity contribution >= 4 is 17.7 Å². The van der Waals surface area contributed by atoms with Gasteiger partial charge >= 0.3 is 12.1 Å². The Labute approximate surface area is 97.9 Å². The van der Waals surface area contributed by atoms with Crippen LogP contribution in [0.1, 0.15) is 5.56 Å². The number of benzene rings is 1. The van der Waals surface area contributed by atoms with E-state index in [1.807, 2.05) is 0 Å². The molecule has 0 saturated heterocycles. The number of carbonyl (C=O) groups excluding carboxylic acids is 1. The molecule has 0 aliphatic rings. The number of nitrogens with zero attached hydrogens (tertiary/aromatic N) is 1. The number of hydrogen-bond donors (Lipinski definition) is 2. The van der Waals surface area contributed by atoms with Crippen molar-refractivity contribution in [1.29, 1.82) is 0 Å². The summed E-state index contributed by atoms with van der Waals surface area (Å²) in [7, 11) is 0. The van der Waals surface area contributed by atoms with Crippen molar-refractivity contribution < 1.29 is 19.4 Å². The lowest BCUT2D eigenvalue weighted by Gasteiger charge is -2.16. The lowest BCUT2D eigenvalue weighted by Crippen LogP contribution is -2.36. The Hall–Kier alpha value is -2.34. The maximum Gasteiger partial charge on any atom is 0.426 e. The third-order valence-electron chi connectivity index (χ3n) is 1.99. The van der Waals surface area contributed by atoms with Crippen LogP contribution in [0.4, 0.5) is 10.5 Å². The van der Waals surface area contributed by atoms with Gasteiger partial charge in [0.2, 0.25) is 0 Å². The van der Waals surface area contributed by atoms with Crippen LogP contribution in [0, 0.1) is 0 Å². The summed E-state index contributed by atoms with van der Waals surface area (Å²) in [6, 6.07) is 6.47. The van der Waals surface area contributed by atoms with Crippen LogP contribution >= 0.6 is 0 Å². The van der Waals surface area contributed by atoms with E-state index in [0.717, 1.165) is 6.08 Å². The number of ether oxygens (including phenoxy) is 1. The molecule has 1 rings (SSSR count). The first-order valence-electron chi connectivity index (χ1n) is 4.71. The molecule has 1 amide bonds. The quantitative estimate of drug-likeness (QED) is 0.270. The number of hydrazine groups is 1. The maximum atomic E-state index is 10.9. The van der Waals surface area contributed by atoms with Crippen molar-refractivity contribution in [2.24, 2.45) is 5.84 Å². The number of hydrogen-bond acceptors (Lipinski definition) is 4. The molecule has 0 heterocycles. The molecule has 6 heteroatoms. The van der Waals surface area contributed by atoms with Gasteiger partial charge in [0.15, 0.2) is 0 Å². The zero-order valence-corrected chi connectivity index (χ0v) is 9.00.